The molecule has 1 aromatic heterocycles. The smallest absolute Gasteiger partial charge is 0.194 e. The summed E-state index contributed by atoms with van der Waals surface area (Å²) >= 11 is 5.83. The minimum Gasteiger partial charge on any atom is -0.289 e. The summed E-state index contributed by atoms with van der Waals surface area (Å²) in [5.41, 5.74) is 2.05. The zero-order valence-corrected chi connectivity index (χ0v) is 9.53. The van der Waals surface area contributed by atoms with Crippen LogP contribution in [0.2, 0.25) is 5.02 Å². The number of pyridine rings is 1. The lowest BCUT2D eigenvalue weighted by atomic mass is 10.1. The van der Waals surface area contributed by atoms with Gasteiger partial charge in [0.2, 0.25) is 0 Å². The predicted octanol–water partition coefficient (Wildman–Crippen LogP) is 3.27. The lowest BCUT2D eigenvalue weighted by Gasteiger charge is -2.01. The quantitative estimate of drug-likeness (QED) is 0.743. The van der Waals surface area contributed by atoms with E-state index in [9.17, 15) is 4.79 Å². The molecule has 0 aliphatic heterocycles. The van der Waals surface area contributed by atoms with Crippen LogP contribution in [0.15, 0.2) is 42.6 Å². The predicted molar refractivity (Wildman–Crippen MR) is 63.9 cm³/mol. The van der Waals surface area contributed by atoms with E-state index in [0.717, 1.165) is 5.69 Å². The van der Waals surface area contributed by atoms with E-state index >= 15 is 0 Å². The topological polar surface area (TPSA) is 30.0 Å². The number of aromatic nitrogens is 1. The van der Waals surface area contributed by atoms with Crippen LogP contribution in [0.25, 0.3) is 0 Å². The highest BCUT2D eigenvalue weighted by Gasteiger charge is 2.09. The van der Waals surface area contributed by atoms with Gasteiger partial charge in [0.15, 0.2) is 5.78 Å². The Morgan fingerprint density at radius 3 is 2.62 bits per heavy atom. The highest BCUT2D eigenvalue weighted by atomic mass is 35.5. The van der Waals surface area contributed by atoms with Crippen LogP contribution >= 0.6 is 11.6 Å². The molecular weight excluding hydrogens is 222 g/mol. The first-order valence-electron chi connectivity index (χ1n) is 4.90. The first kappa shape index (κ1) is 10.8. The number of hydrogen-bond donors (Lipinski definition) is 0. The maximum absolute atomic E-state index is 12.0. The zero-order chi connectivity index (χ0) is 11.5. The summed E-state index contributed by atoms with van der Waals surface area (Å²) in [7, 11) is 0. The monoisotopic (exact) mass is 231 g/mol. The average molecular weight is 232 g/mol. The molecule has 0 saturated heterocycles. The second-order valence-corrected chi connectivity index (χ2v) is 3.96. The van der Waals surface area contributed by atoms with Crippen LogP contribution in [0.5, 0.6) is 0 Å². The molecular formula is C13H10ClNO. The average Bonchev–Trinajstić information content (AvgIpc) is 2.29. The molecule has 16 heavy (non-hydrogen) atoms. The van der Waals surface area contributed by atoms with Crippen molar-refractivity contribution in [1.29, 1.82) is 0 Å². The molecule has 2 rings (SSSR count). The Morgan fingerprint density at radius 1 is 1.19 bits per heavy atom. The molecule has 0 N–H and O–H groups in total. The molecule has 0 aliphatic carbocycles. The Morgan fingerprint density at radius 2 is 2.00 bits per heavy atom. The molecule has 0 bridgehead atoms. The molecule has 2 aromatic rings. The largest absolute Gasteiger partial charge is 0.289 e. The summed E-state index contributed by atoms with van der Waals surface area (Å²) in [6.45, 7) is 1.88. The van der Waals surface area contributed by atoms with Gasteiger partial charge in [-0.05, 0) is 31.2 Å². The molecule has 0 atom stereocenters. The van der Waals surface area contributed by atoms with E-state index < -0.39 is 0 Å². The standard InChI is InChI=1S/C13H10ClNO/c1-9-5-6-11(8-15-9)13(16)10-3-2-4-12(14)7-10/h2-8H,1H3. The second-order valence-electron chi connectivity index (χ2n) is 3.53. The summed E-state index contributed by atoms with van der Waals surface area (Å²) in [6, 6.07) is 10.5. The Labute approximate surface area is 98.9 Å². The number of halogens is 1. The highest BCUT2D eigenvalue weighted by Crippen LogP contribution is 2.14. The maximum Gasteiger partial charge on any atom is 0.194 e. The van der Waals surface area contributed by atoms with Gasteiger partial charge in [0.05, 0.1) is 0 Å². The van der Waals surface area contributed by atoms with Crippen molar-refractivity contribution in [2.75, 3.05) is 0 Å². The first-order valence-corrected chi connectivity index (χ1v) is 5.27. The van der Waals surface area contributed by atoms with Gasteiger partial charge in [-0.1, -0.05) is 23.7 Å². The Hall–Kier alpha value is -1.67. The zero-order valence-electron chi connectivity index (χ0n) is 8.77. The van der Waals surface area contributed by atoms with Crippen molar-refractivity contribution in [3.63, 3.8) is 0 Å². The van der Waals surface area contributed by atoms with E-state index in [2.05, 4.69) is 4.98 Å². The minimum atomic E-state index is -0.0602. The van der Waals surface area contributed by atoms with Gasteiger partial charge in [-0.2, -0.15) is 0 Å². The second kappa shape index (κ2) is 4.45. The molecule has 2 nitrogen and oxygen atoms in total. The van der Waals surface area contributed by atoms with Crippen LogP contribution in [0.4, 0.5) is 0 Å². The minimum absolute atomic E-state index is 0.0602. The van der Waals surface area contributed by atoms with Gasteiger partial charge >= 0.3 is 0 Å². The van der Waals surface area contributed by atoms with Gasteiger partial charge < -0.3 is 0 Å². The lowest BCUT2D eigenvalue weighted by molar-refractivity contribution is 0.103. The van der Waals surface area contributed by atoms with Gasteiger partial charge in [-0.15, -0.1) is 0 Å². The van der Waals surface area contributed by atoms with Crippen molar-refractivity contribution in [2.24, 2.45) is 0 Å². The van der Waals surface area contributed by atoms with E-state index in [4.69, 9.17) is 11.6 Å². The van der Waals surface area contributed by atoms with Crippen LogP contribution in [0, 0.1) is 6.92 Å². The van der Waals surface area contributed by atoms with E-state index in [1.54, 1.807) is 36.5 Å². The van der Waals surface area contributed by atoms with Gasteiger partial charge in [-0.3, -0.25) is 9.78 Å². The molecule has 0 radical (unpaired) electrons. The number of carbonyl (C=O) groups is 1. The molecule has 0 spiro atoms. The third kappa shape index (κ3) is 2.28. The molecule has 0 amide bonds. The molecule has 0 fully saturated rings. The van der Waals surface area contributed by atoms with E-state index in [1.807, 2.05) is 13.0 Å². The molecule has 3 heteroatoms. The van der Waals surface area contributed by atoms with E-state index in [1.165, 1.54) is 0 Å². The number of ketones is 1. The number of nitrogens with zero attached hydrogens (tertiary/aromatic N) is 1. The van der Waals surface area contributed by atoms with Crippen molar-refractivity contribution >= 4 is 17.4 Å². The van der Waals surface area contributed by atoms with Crippen molar-refractivity contribution in [3.8, 4) is 0 Å². The Bertz CT molecular complexity index is 520. The summed E-state index contributed by atoms with van der Waals surface area (Å²) in [6.07, 6.45) is 1.58. The lowest BCUT2D eigenvalue weighted by Crippen LogP contribution is -2.01. The fraction of sp³-hybridized carbons (Fsp3) is 0.0769. The molecule has 1 heterocycles. The van der Waals surface area contributed by atoms with Crippen LogP contribution in [-0.2, 0) is 0 Å². The van der Waals surface area contributed by atoms with E-state index in [0.29, 0.717) is 16.1 Å². The maximum atomic E-state index is 12.0. The van der Waals surface area contributed by atoms with Gasteiger partial charge in [-0.25, -0.2) is 0 Å². The van der Waals surface area contributed by atoms with Crippen LogP contribution in [-0.4, -0.2) is 10.8 Å². The molecule has 0 aliphatic rings. The number of aryl methyl sites for hydroxylation is 1. The van der Waals surface area contributed by atoms with Gasteiger partial charge in [0, 0.05) is 28.0 Å². The summed E-state index contributed by atoms with van der Waals surface area (Å²) < 4.78 is 0. The highest BCUT2D eigenvalue weighted by molar-refractivity contribution is 6.31. The third-order valence-electron chi connectivity index (χ3n) is 2.26. The van der Waals surface area contributed by atoms with Gasteiger partial charge in [0.1, 0.15) is 0 Å². The van der Waals surface area contributed by atoms with Gasteiger partial charge in [0.25, 0.3) is 0 Å². The van der Waals surface area contributed by atoms with Crippen molar-refractivity contribution < 1.29 is 4.79 Å². The Balaban J connectivity index is 2.35. The molecule has 80 valence electrons. The Kier molecular flexibility index (Phi) is 3.02. The summed E-state index contributed by atoms with van der Waals surface area (Å²) in [5.74, 6) is -0.0602. The van der Waals surface area contributed by atoms with Crippen molar-refractivity contribution in [2.45, 2.75) is 6.92 Å². The fourth-order valence-electron chi connectivity index (χ4n) is 1.40. The SMILES string of the molecule is Cc1ccc(C(=O)c2cccc(Cl)c2)cn1. The van der Waals surface area contributed by atoms with Crippen LogP contribution < -0.4 is 0 Å². The number of hydrogen-bond acceptors (Lipinski definition) is 2. The number of benzene rings is 1. The molecule has 0 unspecified atom stereocenters. The van der Waals surface area contributed by atoms with E-state index in [-0.39, 0.29) is 5.78 Å². The normalized spacial score (nSPS) is 10.1. The first-order chi connectivity index (χ1) is 7.66. The fourth-order valence-corrected chi connectivity index (χ4v) is 1.59. The summed E-state index contributed by atoms with van der Waals surface area (Å²) in [5, 5.41) is 0.561. The third-order valence-corrected chi connectivity index (χ3v) is 2.50. The van der Waals surface area contributed by atoms with Crippen LogP contribution in [0.1, 0.15) is 21.6 Å². The number of rotatable bonds is 2. The number of carbonyl (C=O) groups excluding carboxylic acids is 1. The molecule has 1 aromatic carbocycles. The van der Waals surface area contributed by atoms with Crippen molar-refractivity contribution in [1.82, 2.24) is 4.98 Å². The van der Waals surface area contributed by atoms with Crippen molar-refractivity contribution in [3.05, 3.63) is 64.4 Å². The van der Waals surface area contributed by atoms with Crippen LogP contribution in [0.3, 0.4) is 0 Å². The molecule has 0 saturated carbocycles. The summed E-state index contributed by atoms with van der Waals surface area (Å²) in [4.78, 5) is 16.1.